The number of ether oxygens (including phenoxy) is 1. The number of carbonyl (C=O) groups is 4. The molecule has 0 aliphatic carbocycles. The summed E-state index contributed by atoms with van der Waals surface area (Å²) in [6.45, 7) is 0.0278. The first-order chi connectivity index (χ1) is 13.5. The van der Waals surface area contributed by atoms with Crippen molar-refractivity contribution in [3.8, 4) is 0 Å². The number of hydrogen-bond acceptors (Lipinski definition) is 6. The minimum absolute atomic E-state index is 0.00256. The lowest BCUT2D eigenvalue weighted by Crippen LogP contribution is -2.32. The summed E-state index contributed by atoms with van der Waals surface area (Å²) in [6.07, 6.45) is 1.78. The van der Waals surface area contributed by atoms with E-state index in [2.05, 4.69) is 0 Å². The molecule has 146 valence electrons. The topological polar surface area (TPSA) is 97.1 Å². The first-order valence-electron chi connectivity index (χ1n) is 8.84. The molecule has 28 heavy (non-hydrogen) atoms. The predicted octanol–water partition coefficient (Wildman–Crippen LogP) is 1.86. The van der Waals surface area contributed by atoms with Gasteiger partial charge in [0.25, 0.3) is 17.7 Å². The maximum Gasteiger partial charge on any atom is 0.306 e. The van der Waals surface area contributed by atoms with Crippen LogP contribution in [0.3, 0.4) is 0 Å². The fourth-order valence-corrected chi connectivity index (χ4v) is 2.87. The number of carbonyl (C=O) groups excluding carboxylic acids is 4. The van der Waals surface area contributed by atoms with Gasteiger partial charge in [0.2, 0.25) is 0 Å². The van der Waals surface area contributed by atoms with Gasteiger partial charge in [0.15, 0.2) is 6.61 Å². The van der Waals surface area contributed by atoms with Crippen LogP contribution in [0.2, 0.25) is 0 Å². The van der Waals surface area contributed by atoms with Crippen LogP contribution in [0.25, 0.3) is 0 Å². The van der Waals surface area contributed by atoms with E-state index in [-0.39, 0.29) is 50.3 Å². The van der Waals surface area contributed by atoms with Gasteiger partial charge in [0.1, 0.15) is 5.76 Å². The first kappa shape index (κ1) is 19.3. The molecule has 0 saturated carbocycles. The van der Waals surface area contributed by atoms with Crippen molar-refractivity contribution in [3.63, 3.8) is 0 Å². The normalized spacial score (nSPS) is 12.8. The lowest BCUT2D eigenvalue weighted by Gasteiger charge is -2.16. The largest absolute Gasteiger partial charge is 0.467 e. The zero-order valence-corrected chi connectivity index (χ0v) is 15.4. The Morgan fingerprint density at radius 3 is 2.36 bits per heavy atom. The Balaban J connectivity index is 1.39. The highest BCUT2D eigenvalue weighted by Crippen LogP contribution is 2.22. The Hall–Kier alpha value is -3.42. The first-order valence-corrected chi connectivity index (χ1v) is 8.84. The molecule has 8 nitrogen and oxygen atoms in total. The van der Waals surface area contributed by atoms with E-state index < -0.39 is 5.97 Å². The van der Waals surface area contributed by atoms with E-state index in [9.17, 15) is 19.2 Å². The van der Waals surface area contributed by atoms with Gasteiger partial charge in [-0.3, -0.25) is 24.1 Å². The Bertz CT molecular complexity index is 855. The van der Waals surface area contributed by atoms with Crippen LogP contribution in [0.15, 0.2) is 47.1 Å². The summed E-state index contributed by atoms with van der Waals surface area (Å²) in [5, 5.41) is 0. The molecule has 0 radical (unpaired) electrons. The summed E-state index contributed by atoms with van der Waals surface area (Å²) in [7, 11) is 1.58. The van der Waals surface area contributed by atoms with Crippen molar-refractivity contribution in [1.82, 2.24) is 9.80 Å². The van der Waals surface area contributed by atoms with Gasteiger partial charge in [-0.2, -0.15) is 0 Å². The number of likely N-dealkylation sites (N-methyl/N-ethyl adjacent to an activating group) is 1. The van der Waals surface area contributed by atoms with Gasteiger partial charge in [-0.05, 0) is 30.7 Å². The third-order valence-corrected chi connectivity index (χ3v) is 4.40. The molecule has 2 heterocycles. The minimum Gasteiger partial charge on any atom is -0.467 e. The molecular weight excluding hydrogens is 364 g/mol. The van der Waals surface area contributed by atoms with E-state index in [0.29, 0.717) is 16.9 Å². The molecule has 0 N–H and O–H groups in total. The van der Waals surface area contributed by atoms with Crippen LogP contribution in [0.4, 0.5) is 0 Å². The van der Waals surface area contributed by atoms with Crippen molar-refractivity contribution in [1.29, 1.82) is 0 Å². The van der Waals surface area contributed by atoms with Gasteiger partial charge in [-0.25, -0.2) is 0 Å². The van der Waals surface area contributed by atoms with E-state index in [0.717, 1.165) is 4.90 Å². The number of fused-ring (bicyclic) bond motifs is 1. The fraction of sp³-hybridized carbons (Fsp3) is 0.300. The van der Waals surface area contributed by atoms with Crippen LogP contribution >= 0.6 is 0 Å². The SMILES string of the molecule is CN(Cc1ccco1)C(=O)COC(=O)CCCN1C(=O)c2ccccc2C1=O. The number of nitrogens with zero attached hydrogens (tertiary/aromatic N) is 2. The van der Waals surface area contributed by atoms with Gasteiger partial charge in [0.05, 0.1) is 23.9 Å². The Labute approximate surface area is 161 Å². The molecule has 0 bridgehead atoms. The molecule has 0 fully saturated rings. The standard InChI is InChI=1S/C20H20N2O6/c1-21(12-14-6-5-11-27-14)17(23)13-28-18(24)9-4-10-22-19(25)15-7-2-3-8-16(15)20(22)26/h2-3,5-8,11H,4,9-10,12-13H2,1H3. The summed E-state index contributed by atoms with van der Waals surface area (Å²) >= 11 is 0. The average Bonchev–Trinajstić information content (AvgIpc) is 3.28. The number of imide groups is 1. The summed E-state index contributed by atoms with van der Waals surface area (Å²) in [5.74, 6) is -1.00. The average molecular weight is 384 g/mol. The van der Waals surface area contributed by atoms with Crippen LogP contribution in [0.5, 0.6) is 0 Å². The monoisotopic (exact) mass is 384 g/mol. The van der Waals surface area contributed by atoms with Gasteiger partial charge >= 0.3 is 5.97 Å². The third kappa shape index (κ3) is 4.28. The highest BCUT2D eigenvalue weighted by atomic mass is 16.5. The van der Waals surface area contributed by atoms with Gasteiger partial charge in [-0.1, -0.05) is 12.1 Å². The molecular formula is C20H20N2O6. The number of hydrogen-bond donors (Lipinski definition) is 0. The Kier molecular flexibility index (Phi) is 5.88. The lowest BCUT2D eigenvalue weighted by atomic mass is 10.1. The predicted molar refractivity (Wildman–Crippen MR) is 97.2 cm³/mol. The van der Waals surface area contributed by atoms with E-state index in [1.165, 1.54) is 11.2 Å². The van der Waals surface area contributed by atoms with E-state index in [1.54, 1.807) is 43.4 Å². The molecule has 0 saturated heterocycles. The Morgan fingerprint density at radius 1 is 1.07 bits per heavy atom. The number of esters is 1. The number of amides is 3. The third-order valence-electron chi connectivity index (χ3n) is 4.40. The van der Waals surface area contributed by atoms with Gasteiger partial charge in [-0.15, -0.1) is 0 Å². The van der Waals surface area contributed by atoms with Crippen molar-refractivity contribution < 1.29 is 28.3 Å². The highest BCUT2D eigenvalue weighted by Gasteiger charge is 2.34. The molecule has 0 spiro atoms. The second-order valence-electron chi connectivity index (χ2n) is 6.40. The van der Waals surface area contributed by atoms with Crippen molar-refractivity contribution in [3.05, 3.63) is 59.5 Å². The number of benzene rings is 1. The summed E-state index contributed by atoms with van der Waals surface area (Å²) in [6, 6.07) is 10.1. The van der Waals surface area contributed by atoms with E-state index in [1.807, 2.05) is 0 Å². The van der Waals surface area contributed by atoms with Crippen molar-refractivity contribution in [2.75, 3.05) is 20.2 Å². The van der Waals surface area contributed by atoms with Crippen LogP contribution in [-0.4, -0.2) is 53.7 Å². The molecule has 0 atom stereocenters. The zero-order valence-electron chi connectivity index (χ0n) is 15.4. The minimum atomic E-state index is -0.559. The Morgan fingerprint density at radius 2 is 1.75 bits per heavy atom. The van der Waals surface area contributed by atoms with Gasteiger partial charge < -0.3 is 14.1 Å². The second-order valence-corrected chi connectivity index (χ2v) is 6.40. The molecule has 1 aliphatic heterocycles. The molecule has 1 aromatic heterocycles. The van der Waals surface area contributed by atoms with E-state index in [4.69, 9.17) is 9.15 Å². The van der Waals surface area contributed by atoms with E-state index >= 15 is 0 Å². The van der Waals surface area contributed by atoms with Crippen LogP contribution in [-0.2, 0) is 20.9 Å². The fourth-order valence-electron chi connectivity index (χ4n) is 2.87. The molecule has 1 aromatic carbocycles. The van der Waals surface area contributed by atoms with Crippen molar-refractivity contribution >= 4 is 23.7 Å². The summed E-state index contributed by atoms with van der Waals surface area (Å²) < 4.78 is 10.1. The maximum absolute atomic E-state index is 12.2. The van der Waals surface area contributed by atoms with Crippen LogP contribution < -0.4 is 0 Å². The molecule has 0 unspecified atom stereocenters. The summed E-state index contributed by atoms with van der Waals surface area (Å²) in [5.41, 5.74) is 0.750. The highest BCUT2D eigenvalue weighted by molar-refractivity contribution is 6.21. The second kappa shape index (κ2) is 8.51. The quantitative estimate of drug-likeness (QED) is 0.509. The number of furan rings is 1. The zero-order chi connectivity index (χ0) is 20.1. The van der Waals surface area contributed by atoms with Crippen molar-refractivity contribution in [2.24, 2.45) is 0 Å². The summed E-state index contributed by atoms with van der Waals surface area (Å²) in [4.78, 5) is 50.8. The van der Waals surface area contributed by atoms with Crippen molar-refractivity contribution in [2.45, 2.75) is 19.4 Å². The van der Waals surface area contributed by atoms with Crippen LogP contribution in [0, 0.1) is 0 Å². The maximum atomic E-state index is 12.2. The van der Waals surface area contributed by atoms with Crippen LogP contribution in [0.1, 0.15) is 39.3 Å². The molecule has 3 amide bonds. The molecule has 8 heteroatoms. The number of rotatable bonds is 8. The van der Waals surface area contributed by atoms with Gasteiger partial charge in [0, 0.05) is 20.0 Å². The molecule has 1 aliphatic rings. The molecule has 3 rings (SSSR count). The molecule has 2 aromatic rings. The smallest absolute Gasteiger partial charge is 0.306 e. The lowest BCUT2D eigenvalue weighted by molar-refractivity contribution is -0.151.